The van der Waals surface area contributed by atoms with Gasteiger partial charge in [-0.1, -0.05) is 81.8 Å². The van der Waals surface area contributed by atoms with Crippen LogP contribution in [0.4, 0.5) is 0 Å². The molecule has 2 aliphatic heterocycles. The Morgan fingerprint density at radius 1 is 0.932 bits per heavy atom. The van der Waals surface area contributed by atoms with Gasteiger partial charge in [0.2, 0.25) is 23.6 Å². The fraction of sp³-hybridized carbons (Fsp3) is 0.600. The van der Waals surface area contributed by atoms with E-state index in [1.807, 2.05) is 25.1 Å². The molecule has 0 aromatic heterocycles. The van der Waals surface area contributed by atoms with Crippen molar-refractivity contribution in [2.45, 2.75) is 154 Å². The second-order valence-corrected chi connectivity index (χ2v) is 17.1. The molecule has 5 atom stereocenters. The first-order valence-electron chi connectivity index (χ1n) is 21.4. The van der Waals surface area contributed by atoms with Crippen molar-refractivity contribution in [3.8, 4) is 5.75 Å². The van der Waals surface area contributed by atoms with E-state index in [1.165, 1.54) is 0 Å². The van der Waals surface area contributed by atoms with E-state index in [0.29, 0.717) is 37.2 Å². The molecule has 2 aromatic carbocycles. The minimum Gasteiger partial charge on any atom is -0.494 e. The van der Waals surface area contributed by atoms with Crippen molar-refractivity contribution in [3.63, 3.8) is 0 Å². The molecule has 3 aliphatic rings. The van der Waals surface area contributed by atoms with Crippen molar-refractivity contribution in [2.75, 3.05) is 13.2 Å². The minimum atomic E-state index is -1.74. The highest BCUT2D eigenvalue weighted by molar-refractivity contribution is 5.94. The van der Waals surface area contributed by atoms with Gasteiger partial charge in [0.25, 0.3) is 5.91 Å². The van der Waals surface area contributed by atoms with Gasteiger partial charge in [0.05, 0.1) is 19.2 Å². The van der Waals surface area contributed by atoms with E-state index in [9.17, 15) is 33.9 Å². The van der Waals surface area contributed by atoms with Gasteiger partial charge in [-0.15, -0.1) is 0 Å². The Morgan fingerprint density at radius 3 is 2.36 bits per heavy atom. The number of esters is 1. The maximum absolute atomic E-state index is 14.8. The summed E-state index contributed by atoms with van der Waals surface area (Å²) in [5, 5.41) is 22.3. The Bertz CT molecular complexity index is 1770. The summed E-state index contributed by atoms with van der Waals surface area (Å²) in [4.78, 5) is 83.5. The number of amides is 5. The zero-order valence-electron chi connectivity index (χ0n) is 35.1. The first-order chi connectivity index (χ1) is 28.2. The zero-order chi connectivity index (χ0) is 42.5. The monoisotopic (exact) mass is 817 g/mol. The quantitative estimate of drug-likeness (QED) is 0.194. The smallest absolute Gasteiger partial charge is 0.333 e. The van der Waals surface area contributed by atoms with Gasteiger partial charge in [0.1, 0.15) is 23.4 Å². The number of aliphatic hydroxyl groups excluding tert-OH is 1. The van der Waals surface area contributed by atoms with Gasteiger partial charge in [-0.2, -0.15) is 0 Å². The normalized spacial score (nSPS) is 20.9. The molecule has 59 heavy (non-hydrogen) atoms. The van der Waals surface area contributed by atoms with Crippen LogP contribution in [0.1, 0.15) is 127 Å². The lowest BCUT2D eigenvalue weighted by Gasteiger charge is -2.41. The molecule has 3 bridgehead atoms. The topological polar surface area (TPSA) is 192 Å². The number of benzene rings is 2. The van der Waals surface area contributed by atoms with Crippen LogP contribution < -0.4 is 26.0 Å². The number of nitrogens with one attached hydrogen (secondary N) is 4. The molecule has 1 saturated carbocycles. The third-order valence-electron chi connectivity index (χ3n) is 11.2. The number of nitrogens with zero attached hydrogens (tertiary/aromatic N) is 1. The molecule has 1 aliphatic carbocycles. The zero-order valence-corrected chi connectivity index (χ0v) is 35.1. The van der Waals surface area contributed by atoms with Gasteiger partial charge in [-0.3, -0.25) is 24.0 Å². The van der Waals surface area contributed by atoms with Gasteiger partial charge in [-0.05, 0) is 87.6 Å². The van der Waals surface area contributed by atoms with Crippen molar-refractivity contribution < 1.29 is 43.3 Å². The predicted molar refractivity (Wildman–Crippen MR) is 221 cm³/mol. The van der Waals surface area contributed by atoms with Crippen LogP contribution in [0.5, 0.6) is 5.75 Å². The van der Waals surface area contributed by atoms with E-state index in [2.05, 4.69) is 21.3 Å². The molecule has 14 nitrogen and oxygen atoms in total. The van der Waals surface area contributed by atoms with Crippen LogP contribution >= 0.6 is 0 Å². The number of hydrogen-bond acceptors (Lipinski definition) is 9. The Balaban J connectivity index is 1.32. The standard InChI is InChI=1S/C45H63N5O9/c1-5-16-34(40(53)42(55)46-27-37(52)49-39(30-19-12-9-13-20-30)44(57)59-45(2,3)4)47-41(54)35-26-31-22-23-33-25-32(31)28-50(35)43(56)38(29-17-10-8-11-18-29)48-36(51)21-14-6-7-15-24-58-33/h9,12-13,19-20,22-23,25,29,34-35,38-40,53H,5-8,10-11,14-18,21,24,26-28H2,1-4H3,(H,46,55)(H,47,54)(H,48,51)(H,49,52)/t34?,35-,38-,39-,40?/m0/s1. The molecule has 0 saturated heterocycles. The summed E-state index contributed by atoms with van der Waals surface area (Å²) in [6, 6.07) is 10.3. The Morgan fingerprint density at radius 2 is 1.64 bits per heavy atom. The molecule has 2 unspecified atom stereocenters. The van der Waals surface area contributed by atoms with Gasteiger partial charge in [-0.25, -0.2) is 4.79 Å². The number of hydrogen-bond donors (Lipinski definition) is 5. The third-order valence-corrected chi connectivity index (χ3v) is 11.2. The molecule has 5 amide bonds. The van der Waals surface area contributed by atoms with Crippen molar-refractivity contribution in [1.82, 2.24) is 26.2 Å². The summed E-state index contributed by atoms with van der Waals surface area (Å²) >= 11 is 0. The van der Waals surface area contributed by atoms with Gasteiger partial charge in [0, 0.05) is 19.4 Å². The lowest BCUT2D eigenvalue weighted by atomic mass is 9.82. The number of rotatable bonds is 12. The number of aliphatic hydroxyl groups is 1. The summed E-state index contributed by atoms with van der Waals surface area (Å²) in [7, 11) is 0. The lowest BCUT2D eigenvalue weighted by Crippen LogP contribution is -2.61. The van der Waals surface area contributed by atoms with Gasteiger partial charge >= 0.3 is 5.97 Å². The minimum absolute atomic E-state index is 0.0680. The maximum atomic E-state index is 14.8. The highest BCUT2D eigenvalue weighted by Crippen LogP contribution is 2.32. The SMILES string of the molecule is CCCC(NC(=O)[C@@H]1Cc2ccc3cc2CN1C(=O)[C@H](C1CCCCC1)NC(=O)CCCCCCO3)C(O)C(=O)NCC(=O)N[C@H](C(=O)OC(C)(C)C)c1ccccc1. The van der Waals surface area contributed by atoms with Gasteiger partial charge < -0.3 is 40.7 Å². The number of carbonyl (C=O) groups is 6. The Hall–Kier alpha value is -4.98. The van der Waals surface area contributed by atoms with Crippen LogP contribution in [0.25, 0.3) is 0 Å². The van der Waals surface area contributed by atoms with E-state index in [1.54, 1.807) is 56.0 Å². The van der Waals surface area contributed by atoms with Crippen molar-refractivity contribution in [2.24, 2.45) is 5.92 Å². The van der Waals surface area contributed by atoms with Gasteiger partial charge in [0.15, 0.2) is 12.1 Å². The first kappa shape index (κ1) is 45.1. The molecular formula is C45H63N5O9. The average molecular weight is 818 g/mol. The second kappa shape index (κ2) is 21.3. The lowest BCUT2D eigenvalue weighted by molar-refractivity contribution is -0.158. The highest BCUT2D eigenvalue weighted by Gasteiger charge is 2.42. The fourth-order valence-corrected chi connectivity index (χ4v) is 8.17. The highest BCUT2D eigenvalue weighted by atomic mass is 16.6. The van der Waals surface area contributed by atoms with Crippen LogP contribution in [0.15, 0.2) is 48.5 Å². The van der Waals surface area contributed by atoms with E-state index in [4.69, 9.17) is 9.47 Å². The molecule has 2 aromatic rings. The largest absolute Gasteiger partial charge is 0.494 e. The van der Waals surface area contributed by atoms with E-state index in [-0.39, 0.29) is 37.1 Å². The van der Waals surface area contributed by atoms with Crippen molar-refractivity contribution in [3.05, 3.63) is 65.2 Å². The fourth-order valence-electron chi connectivity index (χ4n) is 8.17. The van der Waals surface area contributed by atoms with Crippen LogP contribution in [0.3, 0.4) is 0 Å². The third kappa shape index (κ3) is 13.0. The molecule has 0 spiro atoms. The number of ether oxygens (including phenoxy) is 2. The molecule has 2 heterocycles. The summed E-state index contributed by atoms with van der Waals surface area (Å²) in [6.45, 7) is 7.08. The van der Waals surface area contributed by atoms with E-state index >= 15 is 0 Å². The van der Waals surface area contributed by atoms with Crippen molar-refractivity contribution in [1.29, 1.82) is 0 Å². The average Bonchev–Trinajstić information content (AvgIpc) is 3.21. The maximum Gasteiger partial charge on any atom is 0.333 e. The summed E-state index contributed by atoms with van der Waals surface area (Å²) in [5.41, 5.74) is 1.40. The molecule has 322 valence electrons. The Labute approximate surface area is 347 Å². The summed E-state index contributed by atoms with van der Waals surface area (Å²) in [5.74, 6) is -2.69. The Kier molecular flexibility index (Phi) is 16.3. The molecule has 1 fully saturated rings. The molecule has 5 rings (SSSR count). The predicted octanol–water partition coefficient (Wildman–Crippen LogP) is 4.31. The van der Waals surface area contributed by atoms with Crippen LogP contribution in [-0.2, 0) is 46.5 Å². The number of carbonyl (C=O) groups excluding carboxylic acids is 6. The van der Waals surface area contributed by atoms with Crippen LogP contribution in [0, 0.1) is 5.92 Å². The first-order valence-corrected chi connectivity index (χ1v) is 21.4. The van der Waals surface area contributed by atoms with Crippen LogP contribution in [-0.4, -0.2) is 88.5 Å². The molecule has 14 heteroatoms. The van der Waals surface area contributed by atoms with E-state index < -0.39 is 66.1 Å². The summed E-state index contributed by atoms with van der Waals surface area (Å²) in [6.07, 6.45) is 7.39. The van der Waals surface area contributed by atoms with Crippen molar-refractivity contribution >= 4 is 35.5 Å². The molecule has 0 radical (unpaired) electrons. The number of fused-ring (bicyclic) bond motifs is 2. The van der Waals surface area contributed by atoms with Crippen LogP contribution in [0.2, 0.25) is 0 Å². The summed E-state index contributed by atoms with van der Waals surface area (Å²) < 4.78 is 11.6. The molecular weight excluding hydrogens is 755 g/mol. The molecule has 5 N–H and O–H groups in total. The second-order valence-electron chi connectivity index (χ2n) is 17.1. The van der Waals surface area contributed by atoms with E-state index in [0.717, 1.165) is 62.5 Å².